The van der Waals surface area contributed by atoms with Gasteiger partial charge in [-0.3, -0.25) is 0 Å². The first kappa shape index (κ1) is 12.8. The van der Waals surface area contributed by atoms with E-state index in [1.807, 2.05) is 0 Å². The minimum absolute atomic E-state index is 0.824. The summed E-state index contributed by atoms with van der Waals surface area (Å²) in [4.78, 5) is 0. The van der Waals surface area contributed by atoms with E-state index < -0.39 is 0 Å². The third kappa shape index (κ3) is 3.66. The molecule has 2 heteroatoms. The lowest BCUT2D eigenvalue weighted by Crippen LogP contribution is -2.43. The lowest BCUT2D eigenvalue weighted by molar-refractivity contribution is 0.262. The number of hydrogen-bond donors (Lipinski definition) is 1. The van der Waals surface area contributed by atoms with Crippen LogP contribution in [-0.2, 0) is 0 Å². The first-order valence-electron chi connectivity index (χ1n) is 7.06. The Morgan fingerprint density at radius 2 is 1.69 bits per heavy atom. The van der Waals surface area contributed by atoms with Crippen LogP contribution in [-0.4, -0.2) is 23.6 Å². The average molecular weight is 241 g/mol. The predicted molar refractivity (Wildman–Crippen MR) is 74.1 cm³/mol. The molecule has 0 saturated heterocycles. The van der Waals surface area contributed by atoms with Crippen LogP contribution in [0.5, 0.6) is 0 Å². The standard InChI is InChI=1S/C14H27NS/c1-11-6-8-12(9-7-11)15-13-4-3-5-14(10-13)16-2/h11-15H,3-10H2,1-2H3. The molecule has 0 aliphatic heterocycles. The minimum atomic E-state index is 0.824. The van der Waals surface area contributed by atoms with Crippen LogP contribution in [0.2, 0.25) is 0 Å². The Balaban J connectivity index is 1.72. The highest BCUT2D eigenvalue weighted by atomic mass is 32.2. The Morgan fingerprint density at radius 1 is 0.938 bits per heavy atom. The van der Waals surface area contributed by atoms with Crippen molar-refractivity contribution in [1.29, 1.82) is 0 Å². The maximum atomic E-state index is 3.93. The second kappa shape index (κ2) is 6.30. The topological polar surface area (TPSA) is 12.0 Å². The Hall–Kier alpha value is 0.310. The van der Waals surface area contributed by atoms with Crippen LogP contribution < -0.4 is 5.32 Å². The normalized spacial score (nSPS) is 40.9. The molecule has 2 fully saturated rings. The highest BCUT2D eigenvalue weighted by molar-refractivity contribution is 7.99. The van der Waals surface area contributed by atoms with E-state index in [1.165, 1.54) is 51.4 Å². The van der Waals surface area contributed by atoms with Crippen molar-refractivity contribution in [2.45, 2.75) is 75.6 Å². The first-order valence-corrected chi connectivity index (χ1v) is 8.35. The van der Waals surface area contributed by atoms with Gasteiger partial charge in [-0.1, -0.05) is 13.3 Å². The van der Waals surface area contributed by atoms with E-state index >= 15 is 0 Å². The van der Waals surface area contributed by atoms with Gasteiger partial charge < -0.3 is 5.32 Å². The lowest BCUT2D eigenvalue weighted by Gasteiger charge is -2.34. The van der Waals surface area contributed by atoms with Gasteiger partial charge in [0.05, 0.1) is 0 Å². The highest BCUT2D eigenvalue weighted by Crippen LogP contribution is 2.29. The van der Waals surface area contributed by atoms with Crippen LogP contribution in [0.4, 0.5) is 0 Å². The quantitative estimate of drug-likeness (QED) is 0.806. The molecule has 1 N–H and O–H groups in total. The van der Waals surface area contributed by atoms with E-state index in [9.17, 15) is 0 Å². The maximum absolute atomic E-state index is 3.93. The molecule has 2 unspecified atom stereocenters. The molecule has 2 aliphatic rings. The van der Waals surface area contributed by atoms with Crippen molar-refractivity contribution >= 4 is 11.8 Å². The summed E-state index contributed by atoms with van der Waals surface area (Å²) in [5.41, 5.74) is 0. The average Bonchev–Trinajstić information content (AvgIpc) is 2.32. The maximum Gasteiger partial charge on any atom is 0.00801 e. The molecule has 0 aromatic heterocycles. The van der Waals surface area contributed by atoms with E-state index in [0.717, 1.165) is 23.3 Å². The smallest absolute Gasteiger partial charge is 0.00801 e. The molecule has 0 heterocycles. The van der Waals surface area contributed by atoms with Gasteiger partial charge in [-0.15, -0.1) is 0 Å². The zero-order valence-corrected chi connectivity index (χ0v) is 11.7. The monoisotopic (exact) mass is 241 g/mol. The van der Waals surface area contributed by atoms with Crippen molar-refractivity contribution in [1.82, 2.24) is 5.32 Å². The zero-order valence-electron chi connectivity index (χ0n) is 10.9. The summed E-state index contributed by atoms with van der Waals surface area (Å²) in [6, 6.07) is 1.66. The molecule has 0 aromatic carbocycles. The Kier molecular flexibility index (Phi) is 5.02. The molecule has 2 rings (SSSR count). The van der Waals surface area contributed by atoms with Gasteiger partial charge in [0.25, 0.3) is 0 Å². The summed E-state index contributed by atoms with van der Waals surface area (Å²) in [5.74, 6) is 0.975. The van der Waals surface area contributed by atoms with Crippen molar-refractivity contribution in [2.75, 3.05) is 6.26 Å². The van der Waals surface area contributed by atoms with Gasteiger partial charge in [-0.2, -0.15) is 11.8 Å². The number of hydrogen-bond acceptors (Lipinski definition) is 2. The third-order valence-corrected chi connectivity index (χ3v) is 5.54. The van der Waals surface area contributed by atoms with Gasteiger partial charge in [-0.05, 0) is 57.1 Å². The highest BCUT2D eigenvalue weighted by Gasteiger charge is 2.25. The first-order chi connectivity index (χ1) is 7.78. The van der Waals surface area contributed by atoms with Gasteiger partial charge in [0.2, 0.25) is 0 Å². The molecule has 0 spiro atoms. The van der Waals surface area contributed by atoms with Gasteiger partial charge in [0.15, 0.2) is 0 Å². The molecule has 1 nitrogen and oxygen atoms in total. The summed E-state index contributed by atoms with van der Waals surface area (Å²) in [7, 11) is 0. The van der Waals surface area contributed by atoms with Crippen molar-refractivity contribution in [3.05, 3.63) is 0 Å². The molecule has 0 aromatic rings. The molecular formula is C14H27NS. The predicted octanol–water partition coefficient (Wildman–Crippen LogP) is 3.83. The molecule has 2 atom stereocenters. The summed E-state index contributed by atoms with van der Waals surface area (Å²) in [5, 5.41) is 4.85. The van der Waals surface area contributed by atoms with E-state index in [2.05, 4.69) is 30.3 Å². The molecule has 0 radical (unpaired) electrons. The lowest BCUT2D eigenvalue weighted by atomic mass is 9.86. The molecule has 94 valence electrons. The minimum Gasteiger partial charge on any atom is -0.311 e. The molecule has 2 saturated carbocycles. The van der Waals surface area contributed by atoms with Crippen molar-refractivity contribution < 1.29 is 0 Å². The zero-order chi connectivity index (χ0) is 11.4. The Bertz CT molecular complexity index is 199. The van der Waals surface area contributed by atoms with E-state index in [0.29, 0.717) is 0 Å². The fourth-order valence-corrected chi connectivity index (χ4v) is 4.10. The fraction of sp³-hybridized carbons (Fsp3) is 1.00. The summed E-state index contributed by atoms with van der Waals surface area (Å²) >= 11 is 2.07. The molecule has 0 amide bonds. The second-order valence-corrected chi connectivity index (χ2v) is 6.98. The van der Waals surface area contributed by atoms with Gasteiger partial charge in [-0.25, -0.2) is 0 Å². The second-order valence-electron chi connectivity index (χ2n) is 5.84. The van der Waals surface area contributed by atoms with Crippen LogP contribution in [0.25, 0.3) is 0 Å². The Labute approximate surface area is 105 Å². The molecule has 0 bridgehead atoms. The van der Waals surface area contributed by atoms with E-state index in [-0.39, 0.29) is 0 Å². The summed E-state index contributed by atoms with van der Waals surface area (Å²) in [6.07, 6.45) is 13.7. The largest absolute Gasteiger partial charge is 0.311 e. The molecular weight excluding hydrogens is 214 g/mol. The van der Waals surface area contributed by atoms with Crippen LogP contribution >= 0.6 is 11.8 Å². The summed E-state index contributed by atoms with van der Waals surface area (Å²) < 4.78 is 0. The van der Waals surface area contributed by atoms with Crippen LogP contribution in [0.1, 0.15) is 58.3 Å². The number of nitrogens with one attached hydrogen (secondary N) is 1. The van der Waals surface area contributed by atoms with Crippen LogP contribution in [0.15, 0.2) is 0 Å². The number of thioether (sulfide) groups is 1. The van der Waals surface area contributed by atoms with Crippen molar-refractivity contribution in [2.24, 2.45) is 5.92 Å². The SMILES string of the molecule is CSC1CCCC(NC2CCC(C)CC2)C1. The van der Waals surface area contributed by atoms with Crippen LogP contribution in [0.3, 0.4) is 0 Å². The molecule has 2 aliphatic carbocycles. The van der Waals surface area contributed by atoms with Crippen LogP contribution in [0, 0.1) is 5.92 Å². The molecule has 16 heavy (non-hydrogen) atoms. The Morgan fingerprint density at radius 3 is 2.38 bits per heavy atom. The van der Waals surface area contributed by atoms with Gasteiger partial charge >= 0.3 is 0 Å². The van der Waals surface area contributed by atoms with Crippen molar-refractivity contribution in [3.63, 3.8) is 0 Å². The third-order valence-electron chi connectivity index (χ3n) is 4.45. The van der Waals surface area contributed by atoms with E-state index in [4.69, 9.17) is 0 Å². The fourth-order valence-electron chi connectivity index (χ4n) is 3.27. The van der Waals surface area contributed by atoms with Gasteiger partial charge in [0.1, 0.15) is 0 Å². The van der Waals surface area contributed by atoms with Crippen molar-refractivity contribution in [3.8, 4) is 0 Å². The van der Waals surface area contributed by atoms with E-state index in [1.54, 1.807) is 0 Å². The summed E-state index contributed by atoms with van der Waals surface area (Å²) in [6.45, 7) is 2.40. The number of rotatable bonds is 3. The van der Waals surface area contributed by atoms with Gasteiger partial charge in [0, 0.05) is 17.3 Å².